The Balaban J connectivity index is 2.08. The first-order valence-electron chi connectivity index (χ1n) is 5.84. The molecular formula is C13H14BrNO3. The summed E-state index contributed by atoms with van der Waals surface area (Å²) in [4.78, 5) is 24.4. The number of anilines is 1. The highest BCUT2D eigenvalue weighted by molar-refractivity contribution is 9.10. The monoisotopic (exact) mass is 311 g/mol. The van der Waals surface area contributed by atoms with E-state index in [1.807, 2.05) is 24.3 Å². The maximum atomic E-state index is 12.1. The van der Waals surface area contributed by atoms with Gasteiger partial charge in [0.25, 0.3) is 0 Å². The third kappa shape index (κ3) is 2.90. The zero-order valence-electron chi connectivity index (χ0n) is 9.80. The molecule has 1 heterocycles. The molecule has 1 aromatic rings. The zero-order valence-corrected chi connectivity index (χ0v) is 11.4. The maximum absolute atomic E-state index is 12.1. The molecule has 1 fully saturated rings. The van der Waals surface area contributed by atoms with Gasteiger partial charge in [-0.25, -0.2) is 0 Å². The minimum Gasteiger partial charge on any atom is -0.481 e. The Bertz CT molecular complexity index is 475. The predicted octanol–water partition coefficient (Wildman–Crippen LogP) is 2.67. The van der Waals surface area contributed by atoms with E-state index in [-0.39, 0.29) is 18.2 Å². The molecule has 2 rings (SSSR count). The lowest BCUT2D eigenvalue weighted by molar-refractivity contribution is -0.138. The maximum Gasteiger partial charge on any atom is 0.303 e. The Labute approximate surface area is 114 Å². The molecule has 1 aromatic carbocycles. The summed E-state index contributed by atoms with van der Waals surface area (Å²) >= 11 is 3.43. The number of carboxylic acid groups (broad SMARTS) is 1. The van der Waals surface area contributed by atoms with Gasteiger partial charge in [-0.1, -0.05) is 12.1 Å². The van der Waals surface area contributed by atoms with Gasteiger partial charge in [0.05, 0.1) is 5.69 Å². The second-order valence-electron chi connectivity index (χ2n) is 4.45. The second kappa shape index (κ2) is 5.52. The number of carbonyl (C=O) groups is 2. The molecule has 0 bridgehead atoms. The van der Waals surface area contributed by atoms with Crippen molar-refractivity contribution in [3.05, 3.63) is 28.7 Å². The van der Waals surface area contributed by atoms with E-state index in [2.05, 4.69) is 15.9 Å². The molecule has 5 heteroatoms. The Morgan fingerprint density at radius 3 is 2.78 bits per heavy atom. The average Bonchev–Trinajstić information content (AvgIpc) is 2.30. The standard InChI is InChI=1S/C13H14BrNO3/c14-10-3-1-2-4-11(10)15-6-5-9(7-12(15)16)8-13(17)18/h1-4,9H,5-8H2,(H,17,18). The molecular weight excluding hydrogens is 298 g/mol. The minimum atomic E-state index is -0.831. The van der Waals surface area contributed by atoms with Crippen molar-refractivity contribution in [3.63, 3.8) is 0 Å². The predicted molar refractivity (Wildman–Crippen MR) is 71.5 cm³/mol. The summed E-state index contributed by atoms with van der Waals surface area (Å²) in [7, 11) is 0. The molecule has 1 aliphatic heterocycles. The van der Waals surface area contributed by atoms with Crippen LogP contribution in [0.5, 0.6) is 0 Å². The molecule has 0 aromatic heterocycles. The Hall–Kier alpha value is -1.36. The smallest absolute Gasteiger partial charge is 0.303 e. The number of hydrogen-bond donors (Lipinski definition) is 1. The summed E-state index contributed by atoms with van der Waals surface area (Å²) in [5.41, 5.74) is 0.858. The first-order valence-corrected chi connectivity index (χ1v) is 6.64. The highest BCUT2D eigenvalue weighted by Crippen LogP contribution is 2.31. The number of hydrogen-bond acceptors (Lipinski definition) is 2. The van der Waals surface area contributed by atoms with Gasteiger partial charge in [-0.2, -0.15) is 0 Å². The molecule has 1 atom stereocenters. The fourth-order valence-electron chi connectivity index (χ4n) is 2.24. The number of benzene rings is 1. The molecule has 1 aliphatic rings. The number of rotatable bonds is 3. The second-order valence-corrected chi connectivity index (χ2v) is 5.31. The van der Waals surface area contributed by atoms with E-state index in [0.717, 1.165) is 16.6 Å². The van der Waals surface area contributed by atoms with Crippen molar-refractivity contribution in [1.82, 2.24) is 0 Å². The van der Waals surface area contributed by atoms with Crippen LogP contribution in [0.1, 0.15) is 19.3 Å². The zero-order chi connectivity index (χ0) is 13.1. The number of aliphatic carboxylic acids is 1. The highest BCUT2D eigenvalue weighted by atomic mass is 79.9. The molecule has 1 unspecified atom stereocenters. The highest BCUT2D eigenvalue weighted by Gasteiger charge is 2.28. The molecule has 1 N–H and O–H groups in total. The van der Waals surface area contributed by atoms with Crippen LogP contribution in [-0.4, -0.2) is 23.5 Å². The molecule has 0 radical (unpaired) electrons. The van der Waals surface area contributed by atoms with E-state index < -0.39 is 5.97 Å². The number of carboxylic acids is 1. The molecule has 0 saturated carbocycles. The van der Waals surface area contributed by atoms with Gasteiger partial charge in [0.15, 0.2) is 0 Å². The van der Waals surface area contributed by atoms with Gasteiger partial charge in [0, 0.05) is 23.9 Å². The number of piperidine rings is 1. The largest absolute Gasteiger partial charge is 0.481 e. The van der Waals surface area contributed by atoms with E-state index in [4.69, 9.17) is 5.11 Å². The SMILES string of the molecule is O=C(O)CC1CCN(c2ccccc2Br)C(=O)C1. The van der Waals surface area contributed by atoms with Crippen molar-refractivity contribution in [3.8, 4) is 0 Å². The van der Waals surface area contributed by atoms with E-state index in [1.54, 1.807) is 4.90 Å². The fourth-order valence-corrected chi connectivity index (χ4v) is 2.74. The molecule has 4 nitrogen and oxygen atoms in total. The van der Waals surface area contributed by atoms with Gasteiger partial charge in [-0.3, -0.25) is 9.59 Å². The lowest BCUT2D eigenvalue weighted by atomic mass is 9.93. The van der Waals surface area contributed by atoms with Crippen LogP contribution in [0, 0.1) is 5.92 Å². The van der Waals surface area contributed by atoms with Crippen molar-refractivity contribution >= 4 is 33.5 Å². The number of nitrogens with zero attached hydrogens (tertiary/aromatic N) is 1. The van der Waals surface area contributed by atoms with Crippen molar-refractivity contribution in [2.45, 2.75) is 19.3 Å². The minimum absolute atomic E-state index is 0.000556. The summed E-state index contributed by atoms with van der Waals surface area (Å²) in [6, 6.07) is 7.57. The fraction of sp³-hybridized carbons (Fsp3) is 0.385. The Morgan fingerprint density at radius 1 is 1.44 bits per heavy atom. The Kier molecular flexibility index (Phi) is 4.01. The van der Waals surface area contributed by atoms with Crippen LogP contribution in [0.15, 0.2) is 28.7 Å². The number of carbonyl (C=O) groups excluding carboxylic acids is 1. The molecule has 1 amide bonds. The van der Waals surface area contributed by atoms with E-state index in [1.165, 1.54) is 0 Å². The summed E-state index contributed by atoms with van der Waals surface area (Å²) in [6.07, 6.45) is 1.13. The summed E-state index contributed by atoms with van der Waals surface area (Å²) in [6.45, 7) is 0.583. The van der Waals surface area contributed by atoms with Crippen LogP contribution in [-0.2, 0) is 9.59 Å². The van der Waals surface area contributed by atoms with Crippen molar-refractivity contribution < 1.29 is 14.7 Å². The van der Waals surface area contributed by atoms with Crippen LogP contribution in [0.2, 0.25) is 0 Å². The summed E-state index contributed by atoms with van der Waals surface area (Å²) in [5, 5.41) is 8.75. The van der Waals surface area contributed by atoms with Crippen LogP contribution >= 0.6 is 15.9 Å². The van der Waals surface area contributed by atoms with Crippen molar-refractivity contribution in [1.29, 1.82) is 0 Å². The molecule has 96 valence electrons. The number of halogens is 1. The molecule has 18 heavy (non-hydrogen) atoms. The normalized spacial score (nSPS) is 19.9. The third-order valence-electron chi connectivity index (χ3n) is 3.13. The molecule has 1 saturated heterocycles. The Morgan fingerprint density at radius 2 is 2.17 bits per heavy atom. The van der Waals surface area contributed by atoms with Gasteiger partial charge in [-0.15, -0.1) is 0 Å². The molecule has 0 aliphatic carbocycles. The number of amides is 1. The third-order valence-corrected chi connectivity index (χ3v) is 3.80. The van der Waals surface area contributed by atoms with Crippen LogP contribution in [0.25, 0.3) is 0 Å². The van der Waals surface area contributed by atoms with Crippen molar-refractivity contribution in [2.24, 2.45) is 5.92 Å². The van der Waals surface area contributed by atoms with E-state index >= 15 is 0 Å². The van der Waals surface area contributed by atoms with Crippen LogP contribution in [0.4, 0.5) is 5.69 Å². The van der Waals surface area contributed by atoms with Gasteiger partial charge in [0.1, 0.15) is 0 Å². The quantitative estimate of drug-likeness (QED) is 0.933. The van der Waals surface area contributed by atoms with Crippen LogP contribution in [0.3, 0.4) is 0 Å². The topological polar surface area (TPSA) is 57.6 Å². The van der Waals surface area contributed by atoms with Gasteiger partial charge in [-0.05, 0) is 40.4 Å². The lowest BCUT2D eigenvalue weighted by Crippen LogP contribution is -2.39. The van der Waals surface area contributed by atoms with E-state index in [0.29, 0.717) is 13.0 Å². The van der Waals surface area contributed by atoms with Gasteiger partial charge in [0.2, 0.25) is 5.91 Å². The first-order chi connectivity index (χ1) is 8.58. The average molecular weight is 312 g/mol. The van der Waals surface area contributed by atoms with Gasteiger partial charge < -0.3 is 10.0 Å². The molecule has 0 spiro atoms. The van der Waals surface area contributed by atoms with E-state index in [9.17, 15) is 9.59 Å². The van der Waals surface area contributed by atoms with Crippen molar-refractivity contribution in [2.75, 3.05) is 11.4 Å². The summed E-state index contributed by atoms with van der Waals surface area (Å²) < 4.78 is 0.884. The lowest BCUT2D eigenvalue weighted by Gasteiger charge is -2.31. The summed E-state index contributed by atoms with van der Waals surface area (Å²) in [5.74, 6) is -0.865. The first kappa shape index (κ1) is 13.1. The number of para-hydroxylation sites is 1. The van der Waals surface area contributed by atoms with Crippen LogP contribution < -0.4 is 4.90 Å². The van der Waals surface area contributed by atoms with Gasteiger partial charge >= 0.3 is 5.97 Å².